The summed E-state index contributed by atoms with van der Waals surface area (Å²) in [4.78, 5) is 30.2. The molecule has 6 rings (SSSR count). The molecule has 0 unspecified atom stereocenters. The zero-order chi connectivity index (χ0) is 25.2. The lowest BCUT2D eigenvalue weighted by molar-refractivity contribution is 0.149. The Morgan fingerprint density at radius 2 is 1.76 bits per heavy atom. The molecule has 8 heteroatoms. The monoisotopic (exact) mass is 494 g/mol. The molecule has 4 heterocycles. The second-order valence-electron chi connectivity index (χ2n) is 9.80. The van der Waals surface area contributed by atoms with E-state index in [1.54, 1.807) is 19.3 Å². The number of fused-ring (bicyclic) bond motifs is 1. The van der Waals surface area contributed by atoms with Gasteiger partial charge in [-0.05, 0) is 34.9 Å². The number of hydrogen-bond donors (Lipinski definition) is 0. The van der Waals surface area contributed by atoms with Crippen LogP contribution in [0.4, 0.5) is 5.69 Å². The summed E-state index contributed by atoms with van der Waals surface area (Å²) in [7, 11) is 1.69. The van der Waals surface area contributed by atoms with Crippen LogP contribution in [0.3, 0.4) is 0 Å². The van der Waals surface area contributed by atoms with E-state index in [0.717, 1.165) is 45.6 Å². The number of ether oxygens (including phenoxy) is 1. The van der Waals surface area contributed by atoms with E-state index in [2.05, 4.69) is 73.3 Å². The number of anilines is 1. The maximum Gasteiger partial charge on any atom is 0.299 e. The summed E-state index contributed by atoms with van der Waals surface area (Å²) in [5.41, 5.74) is 6.41. The molecular formula is C29H30N6O2. The fourth-order valence-corrected chi connectivity index (χ4v) is 5.18. The molecule has 2 aromatic heterocycles. The van der Waals surface area contributed by atoms with Gasteiger partial charge in [0, 0.05) is 70.6 Å². The smallest absolute Gasteiger partial charge is 0.299 e. The first-order chi connectivity index (χ1) is 18.1. The predicted octanol–water partition coefficient (Wildman–Crippen LogP) is 3.80. The molecule has 2 aliphatic heterocycles. The Kier molecular flexibility index (Phi) is 6.40. The van der Waals surface area contributed by atoms with E-state index in [0.29, 0.717) is 17.4 Å². The maximum atomic E-state index is 12.5. The molecule has 0 N–H and O–H groups in total. The largest absolute Gasteiger partial charge is 0.461 e. The molecule has 0 atom stereocenters. The molecular weight excluding hydrogens is 464 g/mol. The van der Waals surface area contributed by atoms with Gasteiger partial charge in [0.15, 0.2) is 0 Å². The Balaban J connectivity index is 1.09. The maximum absolute atomic E-state index is 12.5. The first-order valence-corrected chi connectivity index (χ1v) is 12.8. The van der Waals surface area contributed by atoms with Crippen LogP contribution in [0.15, 0.2) is 78.0 Å². The third-order valence-electron chi connectivity index (χ3n) is 7.24. The summed E-state index contributed by atoms with van der Waals surface area (Å²) in [6.07, 6.45) is 4.82. The zero-order valence-corrected chi connectivity index (χ0v) is 21.0. The highest BCUT2D eigenvalue weighted by atomic mass is 16.5. The van der Waals surface area contributed by atoms with E-state index in [1.807, 2.05) is 0 Å². The molecule has 1 fully saturated rings. The van der Waals surface area contributed by atoms with Crippen molar-refractivity contribution in [1.82, 2.24) is 24.4 Å². The molecule has 0 aliphatic carbocycles. The standard InChI is InChI=1S/C29H30N6O2/c1-33-28(36)16-27(26-9-12-30-20-31-26)32-29(33)37-25-10-13-35(14-11-25)24-8-7-22-18-34(19-23(22)15-24)17-21-5-3-2-4-6-21/h2-9,12,15-16,20,25H,10-11,13-14,17-19H2,1H3. The number of nitrogens with zero attached hydrogens (tertiary/aromatic N) is 6. The van der Waals surface area contributed by atoms with Crippen molar-refractivity contribution < 1.29 is 4.74 Å². The molecule has 188 valence electrons. The summed E-state index contributed by atoms with van der Waals surface area (Å²) in [5.74, 6) is 0. The minimum Gasteiger partial charge on any atom is -0.461 e. The number of aromatic nitrogens is 4. The average molecular weight is 495 g/mol. The van der Waals surface area contributed by atoms with Gasteiger partial charge < -0.3 is 9.64 Å². The summed E-state index contributed by atoms with van der Waals surface area (Å²) >= 11 is 0. The van der Waals surface area contributed by atoms with Gasteiger partial charge in [-0.25, -0.2) is 9.97 Å². The number of benzene rings is 2. The van der Waals surface area contributed by atoms with Crippen molar-refractivity contribution in [2.24, 2.45) is 7.05 Å². The number of piperidine rings is 1. The minimum absolute atomic E-state index is 0.00536. The molecule has 0 bridgehead atoms. The lowest BCUT2D eigenvalue weighted by Gasteiger charge is -2.33. The second kappa shape index (κ2) is 10.1. The van der Waals surface area contributed by atoms with Crippen molar-refractivity contribution >= 4 is 5.69 Å². The van der Waals surface area contributed by atoms with Crippen molar-refractivity contribution in [2.45, 2.75) is 38.6 Å². The highest BCUT2D eigenvalue weighted by Crippen LogP contribution is 2.30. The van der Waals surface area contributed by atoms with Crippen LogP contribution in [-0.2, 0) is 26.7 Å². The number of hydrogen-bond acceptors (Lipinski definition) is 7. The van der Waals surface area contributed by atoms with Crippen LogP contribution >= 0.6 is 0 Å². The van der Waals surface area contributed by atoms with Crippen LogP contribution < -0.4 is 15.2 Å². The quantitative estimate of drug-likeness (QED) is 0.404. The molecule has 0 saturated carbocycles. The molecule has 4 aromatic rings. The first-order valence-electron chi connectivity index (χ1n) is 12.8. The fraction of sp³-hybridized carbons (Fsp3) is 0.310. The van der Waals surface area contributed by atoms with Gasteiger partial charge in [-0.1, -0.05) is 36.4 Å². The summed E-state index contributed by atoms with van der Waals surface area (Å²) in [5, 5.41) is 0. The molecule has 0 radical (unpaired) electrons. The van der Waals surface area contributed by atoms with Crippen molar-refractivity contribution in [1.29, 1.82) is 0 Å². The van der Waals surface area contributed by atoms with Crippen LogP contribution in [0.1, 0.15) is 29.5 Å². The van der Waals surface area contributed by atoms with Crippen molar-refractivity contribution in [3.63, 3.8) is 0 Å². The van der Waals surface area contributed by atoms with Gasteiger partial charge in [-0.3, -0.25) is 14.3 Å². The zero-order valence-electron chi connectivity index (χ0n) is 21.0. The Morgan fingerprint density at radius 3 is 2.54 bits per heavy atom. The molecule has 2 aromatic carbocycles. The predicted molar refractivity (Wildman–Crippen MR) is 142 cm³/mol. The molecule has 37 heavy (non-hydrogen) atoms. The minimum atomic E-state index is -0.171. The van der Waals surface area contributed by atoms with Crippen molar-refractivity contribution in [3.05, 3.63) is 100 Å². The van der Waals surface area contributed by atoms with E-state index in [-0.39, 0.29) is 11.7 Å². The molecule has 1 saturated heterocycles. The SMILES string of the molecule is Cn1c(OC2CCN(c3ccc4c(c3)CN(Cc3ccccc3)C4)CC2)nc(-c2ccncn2)cc1=O. The van der Waals surface area contributed by atoms with E-state index in [1.165, 1.54) is 39.3 Å². The Morgan fingerprint density at radius 1 is 0.946 bits per heavy atom. The van der Waals surface area contributed by atoms with Gasteiger partial charge in [0.25, 0.3) is 11.6 Å². The van der Waals surface area contributed by atoms with Gasteiger partial charge in [0.2, 0.25) is 0 Å². The highest BCUT2D eigenvalue weighted by Gasteiger charge is 2.25. The van der Waals surface area contributed by atoms with Gasteiger partial charge >= 0.3 is 0 Å². The summed E-state index contributed by atoms with van der Waals surface area (Å²) in [6, 6.07) is 21.1. The van der Waals surface area contributed by atoms with Crippen molar-refractivity contribution in [2.75, 3.05) is 18.0 Å². The van der Waals surface area contributed by atoms with E-state index in [4.69, 9.17) is 4.74 Å². The van der Waals surface area contributed by atoms with Crippen LogP contribution in [0.25, 0.3) is 11.4 Å². The Bertz CT molecular complexity index is 1430. The third-order valence-corrected chi connectivity index (χ3v) is 7.24. The lowest BCUT2D eigenvalue weighted by atomic mass is 10.0. The summed E-state index contributed by atoms with van der Waals surface area (Å²) in [6.45, 7) is 4.76. The molecule has 0 spiro atoms. The topological polar surface area (TPSA) is 76.4 Å². The van der Waals surface area contributed by atoms with Gasteiger partial charge in [0.1, 0.15) is 12.4 Å². The van der Waals surface area contributed by atoms with E-state index in [9.17, 15) is 4.79 Å². The van der Waals surface area contributed by atoms with Crippen LogP contribution in [0.2, 0.25) is 0 Å². The van der Waals surface area contributed by atoms with Gasteiger partial charge in [-0.2, -0.15) is 4.98 Å². The Labute approximate surface area is 216 Å². The third kappa shape index (κ3) is 5.11. The first kappa shape index (κ1) is 23.4. The van der Waals surface area contributed by atoms with Crippen molar-refractivity contribution in [3.8, 4) is 17.4 Å². The normalized spacial score (nSPS) is 16.1. The van der Waals surface area contributed by atoms with Crippen LogP contribution in [0, 0.1) is 0 Å². The van der Waals surface area contributed by atoms with E-state index < -0.39 is 0 Å². The van der Waals surface area contributed by atoms with Gasteiger partial charge in [0.05, 0.1) is 11.4 Å². The molecule has 8 nitrogen and oxygen atoms in total. The van der Waals surface area contributed by atoms with Crippen LogP contribution in [0.5, 0.6) is 6.01 Å². The van der Waals surface area contributed by atoms with Gasteiger partial charge in [-0.15, -0.1) is 0 Å². The second-order valence-corrected chi connectivity index (χ2v) is 9.80. The lowest BCUT2D eigenvalue weighted by Crippen LogP contribution is -2.39. The van der Waals surface area contributed by atoms with E-state index >= 15 is 0 Å². The fourth-order valence-electron chi connectivity index (χ4n) is 5.18. The molecule has 0 amide bonds. The average Bonchev–Trinajstić information content (AvgIpc) is 3.34. The number of rotatable bonds is 6. The highest BCUT2D eigenvalue weighted by molar-refractivity contribution is 5.53. The Hall–Kier alpha value is -4.04. The van der Waals surface area contributed by atoms with Crippen LogP contribution in [-0.4, -0.2) is 43.6 Å². The molecule has 2 aliphatic rings. The summed E-state index contributed by atoms with van der Waals surface area (Å²) < 4.78 is 7.69.